The Morgan fingerprint density at radius 2 is 2.41 bits per heavy atom. The molecule has 0 aromatic carbocycles. The molecular weight excluding hydrogens is 238 g/mol. The van der Waals surface area contributed by atoms with Crippen LogP contribution < -0.4 is 5.32 Å². The summed E-state index contributed by atoms with van der Waals surface area (Å²) in [5, 5.41) is 13.1. The van der Waals surface area contributed by atoms with Crippen LogP contribution in [0, 0.1) is 11.3 Å². The van der Waals surface area contributed by atoms with E-state index in [9.17, 15) is 8.42 Å². The van der Waals surface area contributed by atoms with Gasteiger partial charge in [-0.1, -0.05) is 12.1 Å². The first kappa shape index (κ1) is 11.8. The Hall–Kier alpha value is -1.71. The van der Waals surface area contributed by atoms with Gasteiger partial charge in [-0.05, 0) is 6.07 Å². The highest BCUT2D eigenvalue weighted by molar-refractivity contribution is 7.94. The fraction of sp³-hybridized carbons (Fsp3) is 0.273. The molecule has 0 spiro atoms. The van der Waals surface area contributed by atoms with Crippen molar-refractivity contribution in [1.29, 1.82) is 5.26 Å². The average molecular weight is 249 g/mol. The highest BCUT2D eigenvalue weighted by atomic mass is 32.2. The molecule has 1 atom stereocenters. The molecule has 2 rings (SSSR count). The number of rotatable bonds is 3. The van der Waals surface area contributed by atoms with Crippen LogP contribution in [0.3, 0.4) is 0 Å². The molecule has 0 amide bonds. The van der Waals surface area contributed by atoms with Crippen LogP contribution in [0.2, 0.25) is 0 Å². The van der Waals surface area contributed by atoms with Gasteiger partial charge in [0.1, 0.15) is 11.8 Å². The van der Waals surface area contributed by atoms with Crippen molar-refractivity contribution in [1.82, 2.24) is 10.3 Å². The van der Waals surface area contributed by atoms with E-state index >= 15 is 0 Å². The van der Waals surface area contributed by atoms with Gasteiger partial charge in [-0.3, -0.25) is 0 Å². The van der Waals surface area contributed by atoms with E-state index in [4.69, 9.17) is 5.26 Å². The van der Waals surface area contributed by atoms with Crippen LogP contribution in [0.4, 0.5) is 0 Å². The van der Waals surface area contributed by atoms with Crippen LogP contribution in [0.15, 0.2) is 29.8 Å². The van der Waals surface area contributed by atoms with Gasteiger partial charge >= 0.3 is 0 Å². The van der Waals surface area contributed by atoms with Crippen LogP contribution in [-0.2, 0) is 16.4 Å². The van der Waals surface area contributed by atoms with E-state index in [2.05, 4.69) is 10.3 Å². The van der Waals surface area contributed by atoms with E-state index < -0.39 is 9.84 Å². The van der Waals surface area contributed by atoms with Gasteiger partial charge < -0.3 is 5.32 Å². The zero-order chi connectivity index (χ0) is 12.3. The number of nitriles is 1. The number of hydrogen-bond acceptors (Lipinski definition) is 5. The lowest BCUT2D eigenvalue weighted by Gasteiger charge is -2.10. The highest BCUT2D eigenvalue weighted by Gasteiger charge is 2.21. The molecule has 1 N–H and O–H groups in total. The van der Waals surface area contributed by atoms with Crippen LogP contribution in [0.5, 0.6) is 0 Å². The van der Waals surface area contributed by atoms with E-state index in [0.29, 0.717) is 12.2 Å². The molecular formula is C11H11N3O2S. The Morgan fingerprint density at radius 1 is 1.59 bits per heavy atom. The average Bonchev–Trinajstić information content (AvgIpc) is 2.67. The third-order valence-electron chi connectivity index (χ3n) is 2.48. The Kier molecular flexibility index (Phi) is 3.22. The summed E-state index contributed by atoms with van der Waals surface area (Å²) in [7, 11) is -3.04. The van der Waals surface area contributed by atoms with Gasteiger partial charge in [-0.2, -0.15) is 5.26 Å². The molecule has 1 aliphatic rings. The lowest BCUT2D eigenvalue weighted by molar-refractivity contribution is 0.590. The summed E-state index contributed by atoms with van der Waals surface area (Å²) in [6, 6.07) is 5.36. The number of pyridine rings is 1. The topological polar surface area (TPSA) is 82.8 Å². The number of sulfone groups is 1. The van der Waals surface area contributed by atoms with Crippen molar-refractivity contribution in [3.63, 3.8) is 0 Å². The second-order valence-electron chi connectivity index (χ2n) is 3.77. The molecule has 1 unspecified atom stereocenters. The van der Waals surface area contributed by atoms with Gasteiger partial charge in [0.2, 0.25) is 0 Å². The van der Waals surface area contributed by atoms with Crippen LogP contribution in [0.25, 0.3) is 0 Å². The van der Waals surface area contributed by atoms with Gasteiger partial charge in [-0.25, -0.2) is 13.4 Å². The maximum Gasteiger partial charge on any atom is 0.173 e. The fourth-order valence-corrected chi connectivity index (χ4v) is 2.90. The van der Waals surface area contributed by atoms with Crippen LogP contribution in [0.1, 0.15) is 11.3 Å². The SMILES string of the molecule is N#Cc1ncccc1CNC1C=CS(=O)(=O)C1. The van der Waals surface area contributed by atoms with Gasteiger partial charge in [0.05, 0.1) is 5.75 Å². The van der Waals surface area contributed by atoms with E-state index in [1.165, 1.54) is 5.41 Å². The predicted octanol–water partition coefficient (Wildman–Crippen LogP) is 0.354. The largest absolute Gasteiger partial charge is 0.305 e. The molecule has 1 aliphatic heterocycles. The number of aromatic nitrogens is 1. The first-order valence-corrected chi connectivity index (χ1v) is 6.80. The van der Waals surface area contributed by atoms with Gasteiger partial charge in [-0.15, -0.1) is 0 Å². The summed E-state index contributed by atoms with van der Waals surface area (Å²) in [4.78, 5) is 3.93. The highest BCUT2D eigenvalue weighted by Crippen LogP contribution is 2.10. The van der Waals surface area contributed by atoms with Crippen molar-refractivity contribution in [2.75, 3.05) is 5.75 Å². The maximum absolute atomic E-state index is 11.2. The molecule has 0 bridgehead atoms. The summed E-state index contributed by atoms with van der Waals surface area (Å²) in [5.41, 5.74) is 1.14. The molecule has 1 aromatic rings. The molecule has 0 saturated heterocycles. The standard InChI is InChI=1S/C11H11N3O2S/c12-6-11-9(2-1-4-13-11)7-14-10-3-5-17(15,16)8-10/h1-5,10,14H,7-8H2. The molecule has 17 heavy (non-hydrogen) atoms. The van der Waals surface area contributed by atoms with E-state index in [-0.39, 0.29) is 11.8 Å². The molecule has 2 heterocycles. The fourth-order valence-electron chi connectivity index (χ4n) is 1.63. The molecule has 6 heteroatoms. The lowest BCUT2D eigenvalue weighted by Crippen LogP contribution is -2.29. The summed E-state index contributed by atoms with van der Waals surface area (Å²) < 4.78 is 22.4. The van der Waals surface area contributed by atoms with Crippen molar-refractivity contribution in [2.45, 2.75) is 12.6 Å². The van der Waals surface area contributed by atoms with Crippen molar-refractivity contribution >= 4 is 9.84 Å². The molecule has 0 radical (unpaired) electrons. The normalized spacial score (nSPS) is 21.2. The summed E-state index contributed by atoms with van der Waals surface area (Å²) >= 11 is 0. The quantitative estimate of drug-likeness (QED) is 0.836. The van der Waals surface area contributed by atoms with Crippen molar-refractivity contribution < 1.29 is 8.42 Å². The first-order valence-electron chi connectivity index (χ1n) is 5.09. The molecule has 5 nitrogen and oxygen atoms in total. The Labute approximate surface area is 99.7 Å². The lowest BCUT2D eigenvalue weighted by atomic mass is 10.2. The van der Waals surface area contributed by atoms with Gasteiger partial charge in [0.25, 0.3) is 0 Å². The summed E-state index contributed by atoms with van der Waals surface area (Å²) in [6.45, 7) is 0.432. The second-order valence-corrected chi connectivity index (χ2v) is 5.70. The second kappa shape index (κ2) is 4.65. The predicted molar refractivity (Wildman–Crippen MR) is 62.5 cm³/mol. The zero-order valence-corrected chi connectivity index (χ0v) is 9.81. The molecule has 0 fully saturated rings. The smallest absolute Gasteiger partial charge is 0.173 e. The number of nitrogens with one attached hydrogen (secondary N) is 1. The van der Waals surface area contributed by atoms with Gasteiger partial charge in [0, 0.05) is 29.8 Å². The molecule has 1 aromatic heterocycles. The number of hydrogen-bond donors (Lipinski definition) is 1. The maximum atomic E-state index is 11.2. The van der Waals surface area contributed by atoms with E-state index in [1.54, 1.807) is 24.4 Å². The molecule has 0 aliphatic carbocycles. The minimum absolute atomic E-state index is 0.0785. The minimum Gasteiger partial charge on any atom is -0.305 e. The Bertz CT molecular complexity index is 587. The van der Waals surface area contributed by atoms with Crippen LogP contribution in [-0.4, -0.2) is 25.2 Å². The molecule has 88 valence electrons. The van der Waals surface area contributed by atoms with Gasteiger partial charge in [0.15, 0.2) is 9.84 Å². The summed E-state index contributed by atoms with van der Waals surface area (Å²) in [6.07, 6.45) is 3.18. The van der Waals surface area contributed by atoms with Crippen molar-refractivity contribution in [3.05, 3.63) is 41.1 Å². The zero-order valence-electron chi connectivity index (χ0n) is 9.00. The summed E-state index contributed by atoms with van der Waals surface area (Å²) in [5.74, 6) is 0.0785. The van der Waals surface area contributed by atoms with E-state index in [0.717, 1.165) is 5.56 Å². The monoisotopic (exact) mass is 249 g/mol. The van der Waals surface area contributed by atoms with Crippen LogP contribution >= 0.6 is 0 Å². The minimum atomic E-state index is -3.04. The molecule has 0 saturated carbocycles. The third-order valence-corrected chi connectivity index (χ3v) is 3.88. The van der Waals surface area contributed by atoms with Crippen molar-refractivity contribution in [3.8, 4) is 6.07 Å². The van der Waals surface area contributed by atoms with E-state index in [1.807, 2.05) is 6.07 Å². The third kappa shape index (κ3) is 2.90. The first-order chi connectivity index (χ1) is 8.11. The van der Waals surface area contributed by atoms with Crippen molar-refractivity contribution in [2.24, 2.45) is 0 Å². The Balaban J connectivity index is 2.00. The Morgan fingerprint density at radius 3 is 3.06 bits per heavy atom. The number of nitrogens with zero attached hydrogens (tertiary/aromatic N) is 2.